The summed E-state index contributed by atoms with van der Waals surface area (Å²) in [6, 6.07) is 6.16. The molecule has 0 aliphatic rings. The predicted molar refractivity (Wildman–Crippen MR) is 88.6 cm³/mol. The molecule has 3 rings (SSSR count). The van der Waals surface area contributed by atoms with Gasteiger partial charge in [-0.2, -0.15) is 10.2 Å². The summed E-state index contributed by atoms with van der Waals surface area (Å²) in [6.45, 7) is 2.68. The van der Waals surface area contributed by atoms with E-state index < -0.39 is 5.82 Å². The molecule has 2 heterocycles. The Morgan fingerprint density at radius 1 is 1.33 bits per heavy atom. The Morgan fingerprint density at radius 2 is 2.17 bits per heavy atom. The lowest BCUT2D eigenvalue weighted by Gasteiger charge is -2.06. The second-order valence-corrected chi connectivity index (χ2v) is 5.52. The fourth-order valence-electron chi connectivity index (χ4n) is 2.33. The van der Waals surface area contributed by atoms with Crippen molar-refractivity contribution < 1.29 is 9.18 Å². The number of hydrogen-bond donors (Lipinski definition) is 1. The number of carbonyl (C=O) groups excluding carboxylic acids is 1. The first kappa shape index (κ1) is 16.2. The SMILES string of the molecule is CCn1nccc1C(=O)Nc1cnn(Cc2c(F)cccc2Cl)c1. The molecule has 0 aliphatic heterocycles. The summed E-state index contributed by atoms with van der Waals surface area (Å²) < 4.78 is 16.9. The van der Waals surface area contributed by atoms with Gasteiger partial charge in [-0.15, -0.1) is 0 Å². The molecule has 1 amide bonds. The minimum absolute atomic E-state index is 0.175. The lowest BCUT2D eigenvalue weighted by atomic mass is 10.2. The van der Waals surface area contributed by atoms with Crippen molar-refractivity contribution in [1.29, 1.82) is 0 Å². The molecule has 0 unspecified atom stereocenters. The number of carbonyl (C=O) groups is 1. The minimum atomic E-state index is -0.393. The molecule has 8 heteroatoms. The Bertz CT molecular complexity index is 853. The summed E-state index contributed by atoms with van der Waals surface area (Å²) in [4.78, 5) is 12.2. The van der Waals surface area contributed by atoms with E-state index in [9.17, 15) is 9.18 Å². The molecule has 0 spiro atoms. The Hall–Kier alpha value is -2.67. The molecule has 124 valence electrons. The molecule has 1 N–H and O–H groups in total. The molecule has 0 atom stereocenters. The van der Waals surface area contributed by atoms with E-state index in [2.05, 4.69) is 15.5 Å². The van der Waals surface area contributed by atoms with Crippen LogP contribution in [-0.4, -0.2) is 25.5 Å². The van der Waals surface area contributed by atoms with Crippen LogP contribution < -0.4 is 5.32 Å². The van der Waals surface area contributed by atoms with E-state index in [1.807, 2.05) is 6.92 Å². The van der Waals surface area contributed by atoms with Gasteiger partial charge in [0.1, 0.15) is 11.5 Å². The summed E-state index contributed by atoms with van der Waals surface area (Å²) in [5.74, 6) is -0.673. The second kappa shape index (κ2) is 6.84. The molecule has 6 nitrogen and oxygen atoms in total. The molecule has 3 aromatic rings. The van der Waals surface area contributed by atoms with Crippen molar-refractivity contribution in [3.05, 3.63) is 65.0 Å². The van der Waals surface area contributed by atoms with Crippen LogP contribution in [0.25, 0.3) is 0 Å². The van der Waals surface area contributed by atoms with E-state index in [0.717, 1.165) is 0 Å². The predicted octanol–water partition coefficient (Wildman–Crippen LogP) is 3.19. The number of benzene rings is 1. The monoisotopic (exact) mass is 347 g/mol. The number of hydrogen-bond acceptors (Lipinski definition) is 3. The second-order valence-electron chi connectivity index (χ2n) is 5.11. The van der Waals surface area contributed by atoms with Crippen molar-refractivity contribution in [3.63, 3.8) is 0 Å². The van der Waals surface area contributed by atoms with Crippen molar-refractivity contribution in [1.82, 2.24) is 19.6 Å². The molecule has 0 bridgehead atoms. The summed E-state index contributed by atoms with van der Waals surface area (Å²) in [5.41, 5.74) is 1.32. The van der Waals surface area contributed by atoms with E-state index >= 15 is 0 Å². The lowest BCUT2D eigenvalue weighted by Crippen LogP contribution is -2.17. The molecule has 0 saturated carbocycles. The number of nitrogens with one attached hydrogen (secondary N) is 1. The summed E-state index contributed by atoms with van der Waals surface area (Å²) in [7, 11) is 0. The molecule has 0 aliphatic carbocycles. The van der Waals surface area contributed by atoms with E-state index in [1.54, 1.807) is 35.3 Å². The molecule has 0 saturated heterocycles. The van der Waals surface area contributed by atoms with E-state index in [1.165, 1.54) is 16.9 Å². The van der Waals surface area contributed by atoms with Crippen LogP contribution in [0.5, 0.6) is 0 Å². The van der Waals surface area contributed by atoms with Gasteiger partial charge in [-0.3, -0.25) is 14.2 Å². The fourth-order valence-corrected chi connectivity index (χ4v) is 2.56. The highest BCUT2D eigenvalue weighted by Crippen LogP contribution is 2.20. The van der Waals surface area contributed by atoms with Crippen molar-refractivity contribution in [2.24, 2.45) is 0 Å². The number of nitrogens with zero attached hydrogens (tertiary/aromatic N) is 4. The molecule has 0 fully saturated rings. The maximum atomic E-state index is 13.8. The maximum Gasteiger partial charge on any atom is 0.274 e. The largest absolute Gasteiger partial charge is 0.318 e. The van der Waals surface area contributed by atoms with Crippen molar-refractivity contribution in [3.8, 4) is 0 Å². The Kier molecular flexibility index (Phi) is 4.61. The smallest absolute Gasteiger partial charge is 0.274 e. The zero-order valence-corrected chi connectivity index (χ0v) is 13.7. The van der Waals surface area contributed by atoms with Crippen LogP contribution in [0.3, 0.4) is 0 Å². The zero-order valence-electron chi connectivity index (χ0n) is 12.9. The Morgan fingerprint density at radius 3 is 2.92 bits per heavy atom. The van der Waals surface area contributed by atoms with Crippen LogP contribution >= 0.6 is 11.6 Å². The van der Waals surface area contributed by atoms with Gasteiger partial charge in [-0.1, -0.05) is 17.7 Å². The molecular weight excluding hydrogens is 333 g/mol. The highest BCUT2D eigenvalue weighted by molar-refractivity contribution is 6.31. The van der Waals surface area contributed by atoms with Gasteiger partial charge in [0, 0.05) is 29.5 Å². The maximum absolute atomic E-state index is 13.8. The van der Waals surface area contributed by atoms with Crippen LogP contribution in [0, 0.1) is 5.82 Å². The average Bonchev–Trinajstić information content (AvgIpc) is 3.20. The van der Waals surface area contributed by atoms with Crippen LogP contribution in [0.1, 0.15) is 23.0 Å². The van der Waals surface area contributed by atoms with E-state index in [4.69, 9.17) is 11.6 Å². The van der Waals surface area contributed by atoms with Crippen LogP contribution in [0.15, 0.2) is 42.9 Å². The summed E-state index contributed by atoms with van der Waals surface area (Å²) >= 11 is 6.01. The van der Waals surface area contributed by atoms with Gasteiger partial charge in [0.2, 0.25) is 0 Å². The Balaban J connectivity index is 1.73. The third kappa shape index (κ3) is 3.30. The fraction of sp³-hybridized carbons (Fsp3) is 0.188. The minimum Gasteiger partial charge on any atom is -0.318 e. The first-order valence-electron chi connectivity index (χ1n) is 7.37. The number of aryl methyl sites for hydroxylation is 1. The van der Waals surface area contributed by atoms with Gasteiger partial charge in [-0.05, 0) is 25.1 Å². The van der Waals surface area contributed by atoms with Gasteiger partial charge < -0.3 is 5.32 Å². The molecular formula is C16H15ClFN5O. The number of aromatic nitrogens is 4. The van der Waals surface area contributed by atoms with Crippen LogP contribution in [-0.2, 0) is 13.1 Å². The quantitative estimate of drug-likeness (QED) is 0.770. The Labute approximate surface area is 142 Å². The zero-order chi connectivity index (χ0) is 17.1. The standard InChI is InChI=1S/C16H15ClFN5O/c1-2-23-15(6-7-19-23)16(24)21-11-8-20-22(9-11)10-12-13(17)4-3-5-14(12)18/h3-9H,2,10H2,1H3,(H,21,24). The first-order valence-corrected chi connectivity index (χ1v) is 7.74. The first-order chi connectivity index (χ1) is 11.6. The van der Waals surface area contributed by atoms with E-state index in [0.29, 0.717) is 28.5 Å². The van der Waals surface area contributed by atoms with E-state index in [-0.39, 0.29) is 12.5 Å². The highest BCUT2D eigenvalue weighted by Gasteiger charge is 2.13. The normalized spacial score (nSPS) is 10.8. The molecule has 2 aromatic heterocycles. The van der Waals surface area contributed by atoms with Crippen molar-refractivity contribution >= 4 is 23.2 Å². The van der Waals surface area contributed by atoms with Gasteiger partial charge in [0.05, 0.1) is 18.4 Å². The van der Waals surface area contributed by atoms with Crippen molar-refractivity contribution in [2.75, 3.05) is 5.32 Å². The number of anilines is 1. The summed E-state index contributed by atoms with van der Waals surface area (Å²) in [6.07, 6.45) is 4.69. The highest BCUT2D eigenvalue weighted by atomic mass is 35.5. The third-order valence-electron chi connectivity index (χ3n) is 3.52. The number of amides is 1. The molecule has 0 radical (unpaired) electrons. The van der Waals surface area contributed by atoms with Gasteiger partial charge in [0.25, 0.3) is 5.91 Å². The third-order valence-corrected chi connectivity index (χ3v) is 3.88. The molecule has 24 heavy (non-hydrogen) atoms. The number of halogens is 2. The average molecular weight is 348 g/mol. The van der Waals surface area contributed by atoms with Gasteiger partial charge >= 0.3 is 0 Å². The topological polar surface area (TPSA) is 64.7 Å². The van der Waals surface area contributed by atoms with Crippen LogP contribution in [0.4, 0.5) is 10.1 Å². The van der Waals surface area contributed by atoms with Crippen LogP contribution in [0.2, 0.25) is 5.02 Å². The number of rotatable bonds is 5. The lowest BCUT2D eigenvalue weighted by molar-refractivity contribution is 0.101. The van der Waals surface area contributed by atoms with Crippen molar-refractivity contribution in [2.45, 2.75) is 20.0 Å². The van der Waals surface area contributed by atoms with Gasteiger partial charge in [-0.25, -0.2) is 4.39 Å². The molecule has 1 aromatic carbocycles. The van der Waals surface area contributed by atoms with Gasteiger partial charge in [0.15, 0.2) is 0 Å². The summed E-state index contributed by atoms with van der Waals surface area (Å²) in [5, 5.41) is 11.3.